The van der Waals surface area contributed by atoms with E-state index in [0.717, 1.165) is 25.2 Å². The van der Waals surface area contributed by atoms with Crippen LogP contribution in [0.2, 0.25) is 0 Å². The van der Waals surface area contributed by atoms with Crippen molar-refractivity contribution in [3.63, 3.8) is 0 Å². The van der Waals surface area contributed by atoms with Crippen molar-refractivity contribution in [3.8, 4) is 0 Å². The summed E-state index contributed by atoms with van der Waals surface area (Å²) in [6, 6.07) is 0.299. The number of aliphatic carboxylic acids is 1. The van der Waals surface area contributed by atoms with Crippen LogP contribution >= 0.6 is 0 Å². The highest BCUT2D eigenvalue weighted by Crippen LogP contribution is 2.61. The molecule has 3 saturated carbocycles. The zero-order chi connectivity index (χ0) is 17.7. The molecule has 0 aromatic carbocycles. The number of nitrogens with one attached hydrogen (secondary N) is 1. The van der Waals surface area contributed by atoms with E-state index in [0.29, 0.717) is 36.1 Å². The van der Waals surface area contributed by atoms with E-state index in [9.17, 15) is 9.59 Å². The summed E-state index contributed by atoms with van der Waals surface area (Å²) in [4.78, 5) is 22.6. The largest absolute Gasteiger partial charge is 0.481 e. The molecule has 0 aromatic heterocycles. The van der Waals surface area contributed by atoms with Gasteiger partial charge in [0.05, 0.1) is 0 Å². The molecule has 24 heavy (non-hydrogen) atoms. The molecule has 4 nitrogen and oxygen atoms in total. The summed E-state index contributed by atoms with van der Waals surface area (Å²) in [6.45, 7) is 6.74. The van der Waals surface area contributed by atoms with Crippen LogP contribution in [0.5, 0.6) is 0 Å². The van der Waals surface area contributed by atoms with Crippen LogP contribution in [0.1, 0.15) is 72.1 Å². The van der Waals surface area contributed by atoms with E-state index in [1.807, 2.05) is 6.92 Å². The average molecular weight is 335 g/mol. The van der Waals surface area contributed by atoms with Crippen LogP contribution in [0, 0.1) is 23.2 Å². The number of carbonyl (C=O) groups is 2. The Labute approximate surface area is 146 Å². The van der Waals surface area contributed by atoms with E-state index in [4.69, 9.17) is 5.11 Å². The number of fused-ring (bicyclic) bond motifs is 2. The minimum Gasteiger partial charge on any atom is -0.481 e. The first-order valence-corrected chi connectivity index (χ1v) is 9.52. The van der Waals surface area contributed by atoms with Gasteiger partial charge in [0.15, 0.2) is 0 Å². The third-order valence-corrected chi connectivity index (χ3v) is 6.25. The van der Waals surface area contributed by atoms with Gasteiger partial charge < -0.3 is 10.4 Å². The number of hydrogen-bond donors (Lipinski definition) is 2. The van der Waals surface area contributed by atoms with Gasteiger partial charge in [-0.25, -0.2) is 0 Å². The van der Waals surface area contributed by atoms with Gasteiger partial charge in [0, 0.05) is 18.9 Å². The van der Waals surface area contributed by atoms with Crippen LogP contribution in [0.25, 0.3) is 0 Å². The summed E-state index contributed by atoms with van der Waals surface area (Å²) >= 11 is 0. The summed E-state index contributed by atoms with van der Waals surface area (Å²) in [6.07, 6.45) is 11.0. The van der Waals surface area contributed by atoms with Crippen LogP contribution in [0.3, 0.4) is 0 Å². The number of amides is 1. The molecular formula is C20H33NO3. The molecular weight excluding hydrogens is 302 g/mol. The fraction of sp³-hybridized carbons (Fsp3) is 0.800. The van der Waals surface area contributed by atoms with Crippen molar-refractivity contribution in [2.45, 2.75) is 78.2 Å². The number of allylic oxidation sites excluding steroid dienone is 2. The standard InChI is InChI=1S/C20H33NO3/c1-4-9-17(22)21-19-14(10-7-5-6-8-11-18(23)24)12-15-13-16(19)20(15,2)3/h5,7,14-16,19H,4,6,8-13H2,1-3H3,(H,21,22)(H,23,24)/b7-5+. The van der Waals surface area contributed by atoms with E-state index in [1.165, 1.54) is 12.8 Å². The molecule has 0 spiro atoms. The Morgan fingerprint density at radius 2 is 1.96 bits per heavy atom. The molecule has 2 N–H and O–H groups in total. The van der Waals surface area contributed by atoms with Crippen LogP contribution in [0.4, 0.5) is 0 Å². The molecule has 1 amide bonds. The molecule has 2 bridgehead atoms. The fourth-order valence-corrected chi connectivity index (χ4v) is 4.61. The molecule has 0 aliphatic heterocycles. The Balaban J connectivity index is 1.88. The molecule has 3 aliphatic rings. The van der Waals surface area contributed by atoms with Crippen molar-refractivity contribution in [1.82, 2.24) is 5.32 Å². The zero-order valence-electron chi connectivity index (χ0n) is 15.4. The van der Waals surface area contributed by atoms with Crippen molar-refractivity contribution in [2.75, 3.05) is 0 Å². The zero-order valence-corrected chi connectivity index (χ0v) is 15.4. The van der Waals surface area contributed by atoms with Gasteiger partial charge in [-0.1, -0.05) is 32.9 Å². The van der Waals surface area contributed by atoms with Gasteiger partial charge in [-0.05, 0) is 61.7 Å². The lowest BCUT2D eigenvalue weighted by molar-refractivity contribution is -0.137. The molecule has 136 valence electrons. The van der Waals surface area contributed by atoms with Gasteiger partial charge in [0.25, 0.3) is 0 Å². The van der Waals surface area contributed by atoms with Crippen molar-refractivity contribution in [1.29, 1.82) is 0 Å². The van der Waals surface area contributed by atoms with Crippen LogP contribution in [0.15, 0.2) is 12.2 Å². The quantitative estimate of drug-likeness (QED) is 0.491. The molecule has 0 saturated heterocycles. The maximum absolute atomic E-state index is 12.1. The van der Waals surface area contributed by atoms with Gasteiger partial charge >= 0.3 is 5.97 Å². The molecule has 0 heterocycles. The fourth-order valence-electron chi connectivity index (χ4n) is 4.61. The lowest BCUT2D eigenvalue weighted by atomic mass is 9.44. The lowest BCUT2D eigenvalue weighted by Gasteiger charge is -2.62. The maximum Gasteiger partial charge on any atom is 0.303 e. The highest BCUT2D eigenvalue weighted by atomic mass is 16.4. The predicted molar refractivity (Wildman–Crippen MR) is 95.6 cm³/mol. The third kappa shape index (κ3) is 4.40. The molecule has 3 aliphatic carbocycles. The normalized spacial score (nSPS) is 30.8. The Kier molecular flexibility index (Phi) is 6.47. The van der Waals surface area contributed by atoms with E-state index in [2.05, 4.69) is 31.3 Å². The second-order valence-electron chi connectivity index (χ2n) is 8.19. The number of hydrogen-bond acceptors (Lipinski definition) is 2. The Morgan fingerprint density at radius 3 is 2.58 bits per heavy atom. The Morgan fingerprint density at radius 1 is 1.21 bits per heavy atom. The van der Waals surface area contributed by atoms with E-state index < -0.39 is 5.97 Å². The predicted octanol–water partition coefficient (Wildman–Crippen LogP) is 4.15. The maximum atomic E-state index is 12.1. The van der Waals surface area contributed by atoms with Crippen molar-refractivity contribution in [2.24, 2.45) is 23.2 Å². The van der Waals surface area contributed by atoms with Crippen molar-refractivity contribution < 1.29 is 14.7 Å². The first-order chi connectivity index (χ1) is 11.4. The van der Waals surface area contributed by atoms with Crippen molar-refractivity contribution >= 4 is 11.9 Å². The number of carbonyl (C=O) groups excluding carboxylic acids is 1. The molecule has 4 atom stereocenters. The number of carboxylic acid groups (broad SMARTS) is 1. The number of rotatable bonds is 9. The van der Waals surface area contributed by atoms with E-state index in [-0.39, 0.29) is 12.3 Å². The minimum atomic E-state index is -0.725. The van der Waals surface area contributed by atoms with Gasteiger partial charge in [-0.2, -0.15) is 0 Å². The SMILES string of the molecule is CCCC(=O)NC1C(C/C=C/CCCC(=O)O)CC2CC1C2(C)C. The van der Waals surface area contributed by atoms with E-state index >= 15 is 0 Å². The summed E-state index contributed by atoms with van der Waals surface area (Å²) < 4.78 is 0. The lowest BCUT2D eigenvalue weighted by Crippen LogP contribution is -2.63. The molecule has 0 radical (unpaired) electrons. The topological polar surface area (TPSA) is 66.4 Å². The van der Waals surface area contributed by atoms with Crippen LogP contribution in [-0.2, 0) is 9.59 Å². The second kappa shape index (κ2) is 8.17. The summed E-state index contributed by atoms with van der Waals surface area (Å²) in [7, 11) is 0. The number of carboxylic acids is 1. The Bertz CT molecular complexity index is 483. The van der Waals surface area contributed by atoms with Crippen LogP contribution < -0.4 is 5.32 Å². The van der Waals surface area contributed by atoms with Gasteiger partial charge in [-0.15, -0.1) is 0 Å². The first-order valence-electron chi connectivity index (χ1n) is 9.52. The molecule has 3 fully saturated rings. The highest BCUT2D eigenvalue weighted by molar-refractivity contribution is 5.76. The Hall–Kier alpha value is -1.32. The molecule has 4 unspecified atom stereocenters. The van der Waals surface area contributed by atoms with Crippen molar-refractivity contribution in [3.05, 3.63) is 12.2 Å². The van der Waals surface area contributed by atoms with Gasteiger partial charge in [0.2, 0.25) is 5.91 Å². The second-order valence-corrected chi connectivity index (χ2v) is 8.19. The van der Waals surface area contributed by atoms with E-state index in [1.54, 1.807) is 0 Å². The molecule has 4 heteroatoms. The minimum absolute atomic E-state index is 0.194. The number of unbranched alkanes of at least 4 members (excludes halogenated alkanes) is 1. The first kappa shape index (κ1) is 19.0. The molecule has 3 rings (SSSR count). The smallest absolute Gasteiger partial charge is 0.303 e. The summed E-state index contributed by atoms with van der Waals surface area (Å²) in [5.74, 6) is 1.38. The van der Waals surface area contributed by atoms with Gasteiger partial charge in [0.1, 0.15) is 0 Å². The summed E-state index contributed by atoms with van der Waals surface area (Å²) in [5, 5.41) is 12.0. The van der Waals surface area contributed by atoms with Crippen LogP contribution in [-0.4, -0.2) is 23.0 Å². The average Bonchev–Trinajstić information content (AvgIpc) is 2.51. The van der Waals surface area contributed by atoms with Gasteiger partial charge in [-0.3, -0.25) is 9.59 Å². The monoisotopic (exact) mass is 335 g/mol. The highest BCUT2D eigenvalue weighted by Gasteiger charge is 2.57. The molecule has 0 aromatic rings. The summed E-state index contributed by atoms with van der Waals surface area (Å²) in [5.41, 5.74) is 0.353. The third-order valence-electron chi connectivity index (χ3n) is 6.25.